The van der Waals surface area contributed by atoms with Crippen molar-refractivity contribution in [3.63, 3.8) is 0 Å². The van der Waals surface area contributed by atoms with Crippen molar-refractivity contribution in [2.45, 2.75) is 38.9 Å². The van der Waals surface area contributed by atoms with Crippen molar-refractivity contribution in [1.29, 1.82) is 0 Å². The maximum absolute atomic E-state index is 10.9. The minimum atomic E-state index is -1.62. The predicted octanol–water partition coefficient (Wildman–Crippen LogP) is -0.116. The van der Waals surface area contributed by atoms with Crippen molar-refractivity contribution in [3.05, 3.63) is 48.0 Å². The number of carbonyl (C=O) groups is 1. The summed E-state index contributed by atoms with van der Waals surface area (Å²) in [6, 6.07) is 14.5. The summed E-state index contributed by atoms with van der Waals surface area (Å²) in [5.74, 6) is -2.76. The Morgan fingerprint density at radius 1 is 1.17 bits per heavy atom. The van der Waals surface area contributed by atoms with Crippen LogP contribution in [-0.2, 0) is 19.1 Å². The van der Waals surface area contributed by atoms with Crippen molar-refractivity contribution in [1.82, 2.24) is 0 Å². The van der Waals surface area contributed by atoms with Crippen LogP contribution in [0.25, 0.3) is 10.8 Å². The quantitative estimate of drug-likeness (QED) is 0.264. The molecule has 0 bridgehead atoms. The Morgan fingerprint density at radius 2 is 1.86 bits per heavy atom. The zero-order chi connectivity index (χ0) is 20.0. The molecule has 1 saturated heterocycles. The molecule has 3 rings (SSSR count). The zero-order valence-corrected chi connectivity index (χ0v) is 19.3. The number of rotatable bonds is 8. The largest absolute Gasteiger partial charge is 1.00 e. The topological polar surface area (TPSA) is 80.2 Å². The van der Waals surface area contributed by atoms with E-state index in [2.05, 4.69) is 29.4 Å². The summed E-state index contributed by atoms with van der Waals surface area (Å²) in [6.45, 7) is 4.59. The van der Waals surface area contributed by atoms with Gasteiger partial charge in [0.05, 0.1) is 18.9 Å². The van der Waals surface area contributed by atoms with Gasteiger partial charge < -0.3 is 24.2 Å². The Morgan fingerprint density at radius 3 is 2.55 bits per heavy atom. The molecular weight excluding hydrogens is 381 g/mol. The van der Waals surface area contributed by atoms with E-state index in [1.807, 2.05) is 25.1 Å². The van der Waals surface area contributed by atoms with Crippen molar-refractivity contribution in [2.24, 2.45) is 11.1 Å². The van der Waals surface area contributed by atoms with E-state index in [9.17, 15) is 9.90 Å². The summed E-state index contributed by atoms with van der Waals surface area (Å²) >= 11 is 0. The Labute approximate surface area is 193 Å². The van der Waals surface area contributed by atoms with E-state index in [1.54, 1.807) is 0 Å². The van der Waals surface area contributed by atoms with E-state index >= 15 is 0 Å². The molecule has 1 heterocycles. The number of oxime groups is 1. The molecule has 0 atom stereocenters. The van der Waals surface area contributed by atoms with Gasteiger partial charge in [-0.2, -0.15) is 0 Å². The van der Waals surface area contributed by atoms with Gasteiger partial charge in [0.2, 0.25) is 5.79 Å². The number of carboxylic acids is 1. The molecule has 0 unspecified atom stereocenters. The van der Waals surface area contributed by atoms with E-state index in [1.165, 1.54) is 17.7 Å². The van der Waals surface area contributed by atoms with Gasteiger partial charge in [0.1, 0.15) is 12.6 Å². The van der Waals surface area contributed by atoms with Crippen LogP contribution in [0.2, 0.25) is 0 Å². The summed E-state index contributed by atoms with van der Waals surface area (Å²) in [5, 5.41) is 17.6. The number of ether oxygens (including phenoxy) is 2. The standard InChI is InChI=1S/C22H27NO5.Na/c1-16(19-11-10-18-8-3-4-9-20(18)13-19)23-28-12-6-5-7-17-14-26-22(2,21(24)25)27-15-17;/h3-4,8-11,13,17H,5-7,12,14-15H2,1-2H3,(H,24,25);/q;+1/p-1. The minimum absolute atomic E-state index is 0. The molecule has 1 aliphatic heterocycles. The Kier molecular flexibility index (Phi) is 9.11. The van der Waals surface area contributed by atoms with Gasteiger partial charge in [0, 0.05) is 5.92 Å². The number of unbranched alkanes of at least 4 members (excludes halogenated alkanes) is 1. The van der Waals surface area contributed by atoms with Gasteiger partial charge in [-0.05, 0) is 55.5 Å². The molecule has 2 aromatic carbocycles. The number of carboxylic acid groups (broad SMARTS) is 1. The number of hydrogen-bond acceptors (Lipinski definition) is 6. The maximum atomic E-state index is 10.9. The number of nitrogens with zero attached hydrogens (tertiary/aromatic N) is 1. The minimum Gasteiger partial charge on any atom is -0.544 e. The molecule has 0 N–H and O–H groups in total. The van der Waals surface area contributed by atoms with Crippen LogP contribution in [0.15, 0.2) is 47.6 Å². The monoisotopic (exact) mass is 407 g/mol. The van der Waals surface area contributed by atoms with Crippen molar-refractivity contribution in [2.75, 3.05) is 19.8 Å². The zero-order valence-electron chi connectivity index (χ0n) is 17.3. The average molecular weight is 407 g/mol. The molecule has 0 saturated carbocycles. The van der Waals surface area contributed by atoms with Gasteiger partial charge in [0.15, 0.2) is 0 Å². The average Bonchev–Trinajstić information content (AvgIpc) is 2.71. The molecule has 6 nitrogen and oxygen atoms in total. The Balaban J connectivity index is 0.00000300. The number of aliphatic carboxylic acids is 1. The second kappa shape index (κ2) is 11.1. The molecule has 1 fully saturated rings. The molecule has 1 aliphatic rings. The normalized spacial score (nSPS) is 22.1. The number of carbonyl (C=O) groups excluding carboxylic acids is 1. The Hall–Kier alpha value is -1.44. The molecule has 0 aliphatic carbocycles. The van der Waals surface area contributed by atoms with Crippen LogP contribution in [0.4, 0.5) is 0 Å². The molecule has 29 heavy (non-hydrogen) atoms. The molecular formula is C22H26NNaO5. The molecule has 0 radical (unpaired) electrons. The third-order valence-corrected chi connectivity index (χ3v) is 5.03. The van der Waals surface area contributed by atoms with Crippen LogP contribution >= 0.6 is 0 Å². The third kappa shape index (κ3) is 6.52. The molecule has 150 valence electrons. The maximum Gasteiger partial charge on any atom is 1.00 e. The fourth-order valence-electron chi connectivity index (χ4n) is 3.14. The summed E-state index contributed by atoms with van der Waals surface area (Å²) < 4.78 is 10.6. The van der Waals surface area contributed by atoms with E-state index in [0.717, 1.165) is 30.5 Å². The fourth-order valence-corrected chi connectivity index (χ4v) is 3.14. The second-order valence-corrected chi connectivity index (χ2v) is 7.29. The van der Waals surface area contributed by atoms with Gasteiger partial charge in [-0.3, -0.25) is 0 Å². The molecule has 0 aromatic heterocycles. The summed E-state index contributed by atoms with van der Waals surface area (Å²) in [6.07, 6.45) is 2.69. The number of hydrogen-bond donors (Lipinski definition) is 0. The first-order valence-electron chi connectivity index (χ1n) is 9.63. The smallest absolute Gasteiger partial charge is 0.544 e. The van der Waals surface area contributed by atoms with E-state index in [-0.39, 0.29) is 35.5 Å². The summed E-state index contributed by atoms with van der Waals surface area (Å²) in [5.41, 5.74) is 1.90. The van der Waals surface area contributed by atoms with Gasteiger partial charge in [-0.25, -0.2) is 0 Å². The van der Waals surface area contributed by atoms with Crippen LogP contribution in [0.3, 0.4) is 0 Å². The van der Waals surface area contributed by atoms with Gasteiger partial charge >= 0.3 is 29.6 Å². The third-order valence-electron chi connectivity index (χ3n) is 5.03. The summed E-state index contributed by atoms with van der Waals surface area (Å²) in [4.78, 5) is 16.4. The van der Waals surface area contributed by atoms with Crippen molar-refractivity contribution < 1.29 is 53.8 Å². The summed E-state index contributed by atoms with van der Waals surface area (Å²) in [7, 11) is 0. The first-order valence-corrected chi connectivity index (χ1v) is 9.63. The molecule has 7 heteroatoms. The molecule has 0 spiro atoms. The van der Waals surface area contributed by atoms with Crippen molar-refractivity contribution >= 4 is 22.5 Å². The fraction of sp³-hybridized carbons (Fsp3) is 0.455. The van der Waals surface area contributed by atoms with Crippen LogP contribution < -0.4 is 34.7 Å². The van der Waals surface area contributed by atoms with Crippen LogP contribution in [-0.4, -0.2) is 37.3 Å². The molecule has 2 aromatic rings. The van der Waals surface area contributed by atoms with Crippen LogP contribution in [0, 0.1) is 5.92 Å². The first kappa shape index (κ1) is 23.8. The SMILES string of the molecule is CC(=NOCCCCC1COC(C)(C(=O)[O-])OC1)c1ccc2ccccc2c1.[Na+]. The van der Waals surface area contributed by atoms with Crippen LogP contribution in [0.1, 0.15) is 38.7 Å². The second-order valence-electron chi connectivity index (χ2n) is 7.29. The van der Waals surface area contributed by atoms with E-state index in [0.29, 0.717) is 19.8 Å². The van der Waals surface area contributed by atoms with E-state index < -0.39 is 11.8 Å². The first-order chi connectivity index (χ1) is 13.5. The predicted molar refractivity (Wildman–Crippen MR) is 105 cm³/mol. The van der Waals surface area contributed by atoms with E-state index in [4.69, 9.17) is 14.3 Å². The van der Waals surface area contributed by atoms with Crippen LogP contribution in [0.5, 0.6) is 0 Å². The number of fused-ring (bicyclic) bond motifs is 1. The molecule has 0 amide bonds. The van der Waals surface area contributed by atoms with Gasteiger partial charge in [-0.15, -0.1) is 0 Å². The van der Waals surface area contributed by atoms with Gasteiger partial charge in [-0.1, -0.05) is 41.6 Å². The Bertz CT molecular complexity index is 846. The number of benzene rings is 2. The van der Waals surface area contributed by atoms with Gasteiger partial charge in [0.25, 0.3) is 0 Å². The van der Waals surface area contributed by atoms with Crippen molar-refractivity contribution in [3.8, 4) is 0 Å².